The molecule has 0 saturated carbocycles. The number of aromatic nitrogens is 1. The van der Waals surface area contributed by atoms with Gasteiger partial charge < -0.3 is 16.8 Å². The van der Waals surface area contributed by atoms with Gasteiger partial charge in [-0.25, -0.2) is 4.98 Å². The van der Waals surface area contributed by atoms with Crippen LogP contribution in [0.2, 0.25) is 0 Å². The fourth-order valence-electron chi connectivity index (χ4n) is 4.65. The molecule has 4 aromatic heterocycles. The van der Waals surface area contributed by atoms with Crippen LogP contribution in [0.4, 0.5) is 16.5 Å². The molecule has 5 aromatic rings. The average molecular weight is 525 g/mol. The predicted molar refractivity (Wildman–Crippen MR) is 146 cm³/mol. The molecule has 0 radical (unpaired) electrons. The summed E-state index contributed by atoms with van der Waals surface area (Å²) in [5.41, 5.74) is 18.2. The lowest BCUT2D eigenvalue weighted by molar-refractivity contribution is 0.103. The molecule has 174 valence electrons. The minimum atomic E-state index is -0.424. The number of carbonyl (C=O) groups excluding carboxylic acids is 1. The number of nitrogen functional groups attached to an aromatic ring is 2. The Bertz CT molecular complexity index is 1780. The van der Waals surface area contributed by atoms with Crippen LogP contribution in [0, 0.1) is 22.7 Å². The summed E-state index contributed by atoms with van der Waals surface area (Å²) in [6, 6.07) is 14.4. The van der Waals surface area contributed by atoms with E-state index in [0.29, 0.717) is 26.3 Å². The number of nitrogens with one attached hydrogen (secondary N) is 1. The molecule has 1 aliphatic rings. The lowest BCUT2D eigenvalue weighted by Gasteiger charge is -2.15. The molecule has 0 spiro atoms. The second-order valence-electron chi connectivity index (χ2n) is 8.23. The molecule has 4 heterocycles. The second-order valence-corrected chi connectivity index (χ2v) is 11.0. The van der Waals surface area contributed by atoms with E-state index in [4.69, 9.17) is 11.5 Å². The van der Waals surface area contributed by atoms with E-state index in [2.05, 4.69) is 34.6 Å². The maximum Gasteiger partial charge on any atom is 0.268 e. The summed E-state index contributed by atoms with van der Waals surface area (Å²) in [6.07, 6.45) is 1.60. The van der Waals surface area contributed by atoms with Crippen molar-refractivity contribution in [2.24, 2.45) is 0 Å². The van der Waals surface area contributed by atoms with Gasteiger partial charge in [-0.3, -0.25) is 4.79 Å². The Kier molecular flexibility index (Phi) is 5.23. The number of nitrogens with zero attached hydrogens (tertiary/aromatic N) is 3. The van der Waals surface area contributed by atoms with Crippen LogP contribution in [0.1, 0.15) is 31.9 Å². The fraction of sp³-hybridized carbons (Fsp3) is 0.0769. The van der Waals surface area contributed by atoms with Crippen LogP contribution >= 0.6 is 34.0 Å². The maximum atomic E-state index is 13.5. The van der Waals surface area contributed by atoms with Gasteiger partial charge in [-0.15, -0.1) is 22.7 Å². The van der Waals surface area contributed by atoms with Gasteiger partial charge in [-0.05, 0) is 51.9 Å². The third-order valence-electron chi connectivity index (χ3n) is 6.28. The Morgan fingerprint density at radius 1 is 1.06 bits per heavy atom. The van der Waals surface area contributed by atoms with E-state index in [9.17, 15) is 15.3 Å². The highest BCUT2D eigenvalue weighted by molar-refractivity contribution is 7.22. The quantitative estimate of drug-likeness (QED) is 0.264. The average Bonchev–Trinajstić information content (AvgIpc) is 3.61. The van der Waals surface area contributed by atoms with Crippen molar-refractivity contribution in [3.8, 4) is 33.7 Å². The van der Waals surface area contributed by atoms with E-state index in [0.717, 1.165) is 45.7 Å². The highest BCUT2D eigenvalue weighted by Crippen LogP contribution is 2.46. The van der Waals surface area contributed by atoms with Crippen molar-refractivity contribution in [2.45, 2.75) is 12.8 Å². The van der Waals surface area contributed by atoms with Crippen molar-refractivity contribution in [2.75, 3.05) is 16.8 Å². The first kappa shape index (κ1) is 22.3. The zero-order chi connectivity index (χ0) is 25.0. The van der Waals surface area contributed by atoms with Crippen LogP contribution < -0.4 is 16.8 Å². The summed E-state index contributed by atoms with van der Waals surface area (Å²) in [6.45, 7) is 0. The molecule has 0 fully saturated rings. The number of nitriles is 2. The number of benzene rings is 1. The van der Waals surface area contributed by atoms with E-state index >= 15 is 0 Å². The van der Waals surface area contributed by atoms with Crippen molar-refractivity contribution >= 4 is 66.6 Å². The number of anilines is 3. The number of nitrogens with two attached hydrogens (primary N) is 2. The van der Waals surface area contributed by atoms with Gasteiger partial charge in [0.25, 0.3) is 5.91 Å². The zero-order valence-electron chi connectivity index (χ0n) is 18.6. The fourth-order valence-corrected chi connectivity index (χ4v) is 7.56. The summed E-state index contributed by atoms with van der Waals surface area (Å²) in [5, 5.41) is 27.4. The number of fused-ring (bicyclic) bond motifs is 4. The first-order chi connectivity index (χ1) is 17.5. The van der Waals surface area contributed by atoms with Crippen molar-refractivity contribution in [3.05, 3.63) is 68.2 Å². The smallest absolute Gasteiger partial charge is 0.268 e. The SMILES string of the molecule is N#Cc1c(NC(=O)c2sc3nc(N)c(C#N)c(-c4ccsc4)c3c2N)sc2c1CCc1ccccc1-2. The van der Waals surface area contributed by atoms with Gasteiger partial charge in [-0.2, -0.15) is 21.9 Å². The Labute approximate surface area is 217 Å². The van der Waals surface area contributed by atoms with Crippen LogP contribution in [0.25, 0.3) is 31.8 Å². The van der Waals surface area contributed by atoms with Gasteiger partial charge in [0.2, 0.25) is 0 Å². The molecule has 10 heteroatoms. The van der Waals surface area contributed by atoms with Crippen molar-refractivity contribution in [1.29, 1.82) is 10.5 Å². The summed E-state index contributed by atoms with van der Waals surface area (Å²) >= 11 is 4.01. The molecule has 1 aliphatic carbocycles. The molecule has 0 saturated heterocycles. The van der Waals surface area contributed by atoms with Gasteiger partial charge in [0.1, 0.15) is 38.2 Å². The third kappa shape index (κ3) is 3.28. The van der Waals surface area contributed by atoms with E-state index in [1.54, 1.807) is 0 Å². The van der Waals surface area contributed by atoms with E-state index in [1.165, 1.54) is 28.2 Å². The van der Waals surface area contributed by atoms with Gasteiger partial charge in [0, 0.05) is 15.8 Å². The molecule has 1 aromatic carbocycles. The van der Waals surface area contributed by atoms with Crippen LogP contribution in [0.5, 0.6) is 0 Å². The van der Waals surface area contributed by atoms with Gasteiger partial charge in [0.15, 0.2) is 0 Å². The first-order valence-corrected chi connectivity index (χ1v) is 13.5. The van der Waals surface area contributed by atoms with Gasteiger partial charge in [-0.1, -0.05) is 24.3 Å². The number of hydrogen-bond acceptors (Lipinski definition) is 9. The Balaban J connectivity index is 1.46. The lowest BCUT2D eigenvalue weighted by Crippen LogP contribution is -2.12. The zero-order valence-corrected chi connectivity index (χ0v) is 21.0. The molecule has 5 N–H and O–H groups in total. The van der Waals surface area contributed by atoms with Gasteiger partial charge in [0.05, 0.1) is 11.3 Å². The van der Waals surface area contributed by atoms with E-state index in [1.807, 2.05) is 29.0 Å². The van der Waals surface area contributed by atoms with Crippen LogP contribution in [0.3, 0.4) is 0 Å². The summed E-state index contributed by atoms with van der Waals surface area (Å²) < 4.78 is 0. The second kappa shape index (κ2) is 8.47. The molecular formula is C26H16N6OS3. The Hall–Kier alpha value is -4.22. The number of carbonyl (C=O) groups is 1. The summed E-state index contributed by atoms with van der Waals surface area (Å²) in [7, 11) is 0. The number of pyridine rings is 1. The van der Waals surface area contributed by atoms with Crippen LogP contribution in [-0.4, -0.2) is 10.9 Å². The number of thiophene rings is 3. The molecule has 1 amide bonds. The van der Waals surface area contributed by atoms with Gasteiger partial charge >= 0.3 is 0 Å². The molecule has 0 atom stereocenters. The monoisotopic (exact) mass is 524 g/mol. The molecule has 0 aliphatic heterocycles. The first-order valence-electron chi connectivity index (χ1n) is 10.9. The number of hydrogen-bond donors (Lipinski definition) is 3. The number of amides is 1. The molecule has 36 heavy (non-hydrogen) atoms. The topological polar surface area (TPSA) is 142 Å². The lowest BCUT2D eigenvalue weighted by atomic mass is 9.90. The summed E-state index contributed by atoms with van der Waals surface area (Å²) in [5.74, 6) is -0.331. The van der Waals surface area contributed by atoms with Crippen LogP contribution in [-0.2, 0) is 12.8 Å². The maximum absolute atomic E-state index is 13.5. The van der Waals surface area contributed by atoms with Crippen molar-refractivity contribution in [1.82, 2.24) is 4.98 Å². The van der Waals surface area contributed by atoms with E-state index < -0.39 is 5.91 Å². The number of rotatable bonds is 3. The normalized spacial score (nSPS) is 11.9. The Morgan fingerprint density at radius 2 is 1.86 bits per heavy atom. The standard InChI is InChI=1S/C26H16N6OS3/c27-9-16-15-6-5-12-3-1-2-4-14(12)21(15)35-25(16)32-24(33)22-20(29)19-18(13-7-8-34-11-13)17(10-28)23(30)31-26(19)36-22/h1-4,7-8,11H,5-6,29H2,(H2,30,31)(H,32,33). The van der Waals surface area contributed by atoms with Crippen molar-refractivity contribution in [3.63, 3.8) is 0 Å². The van der Waals surface area contributed by atoms with Crippen LogP contribution in [0.15, 0.2) is 41.1 Å². The van der Waals surface area contributed by atoms with Crippen molar-refractivity contribution < 1.29 is 4.79 Å². The molecule has 7 nitrogen and oxygen atoms in total. The molecule has 0 unspecified atom stereocenters. The predicted octanol–water partition coefficient (Wildman–Crippen LogP) is 6.01. The minimum Gasteiger partial charge on any atom is -0.397 e. The minimum absolute atomic E-state index is 0.0933. The summed E-state index contributed by atoms with van der Waals surface area (Å²) in [4.78, 5) is 19.6. The highest BCUT2D eigenvalue weighted by Gasteiger charge is 2.28. The Morgan fingerprint density at radius 3 is 2.61 bits per heavy atom. The molecule has 6 rings (SSSR count). The third-order valence-corrected chi connectivity index (χ3v) is 9.25. The highest BCUT2D eigenvalue weighted by atomic mass is 32.1. The molecule has 0 bridgehead atoms. The van der Waals surface area contributed by atoms with E-state index in [-0.39, 0.29) is 21.9 Å². The molecular weight excluding hydrogens is 509 g/mol. The number of aryl methyl sites for hydroxylation is 1. The largest absolute Gasteiger partial charge is 0.397 e.